The Morgan fingerprint density at radius 1 is 1.25 bits per heavy atom. The first-order valence-electron chi connectivity index (χ1n) is 5.65. The average Bonchev–Trinajstić information content (AvgIpc) is 2.36. The molecular formula is C12H21BO3. The van der Waals surface area contributed by atoms with Gasteiger partial charge in [0, 0.05) is 0 Å². The molecule has 1 aliphatic heterocycles. The van der Waals surface area contributed by atoms with Gasteiger partial charge in [-0.2, -0.15) is 0 Å². The van der Waals surface area contributed by atoms with Gasteiger partial charge in [0.1, 0.15) is 5.66 Å². The minimum Gasteiger partial charge on any atom is -0.502 e. The first-order chi connectivity index (χ1) is 7.34. The van der Waals surface area contributed by atoms with Gasteiger partial charge < -0.3 is 14.0 Å². The van der Waals surface area contributed by atoms with Gasteiger partial charge in [-0.1, -0.05) is 12.7 Å². The van der Waals surface area contributed by atoms with Crippen LogP contribution in [0.5, 0.6) is 0 Å². The molecule has 0 spiro atoms. The maximum atomic E-state index is 5.87. The Morgan fingerprint density at radius 3 is 2.12 bits per heavy atom. The maximum Gasteiger partial charge on any atom is 0.532 e. The molecule has 3 nitrogen and oxygen atoms in total. The van der Waals surface area contributed by atoms with E-state index < -0.39 is 7.12 Å². The van der Waals surface area contributed by atoms with Gasteiger partial charge in [0.05, 0.1) is 17.8 Å². The van der Waals surface area contributed by atoms with E-state index in [0.717, 1.165) is 0 Å². The molecule has 0 aliphatic carbocycles. The first kappa shape index (κ1) is 13.3. The van der Waals surface area contributed by atoms with E-state index in [2.05, 4.69) is 6.58 Å². The number of hydrogen-bond donors (Lipinski definition) is 0. The highest BCUT2D eigenvalue weighted by Gasteiger charge is 2.53. The molecule has 0 bridgehead atoms. The highest BCUT2D eigenvalue weighted by molar-refractivity contribution is 6.53. The van der Waals surface area contributed by atoms with Crippen LogP contribution in [0.25, 0.3) is 0 Å². The summed E-state index contributed by atoms with van der Waals surface area (Å²) in [6.07, 6.45) is 3.46. The summed E-state index contributed by atoms with van der Waals surface area (Å²) in [5, 5.41) is 0. The number of allylic oxidation sites excluding steroid dienone is 2. The van der Waals surface area contributed by atoms with Crippen molar-refractivity contribution in [2.24, 2.45) is 0 Å². The van der Waals surface area contributed by atoms with E-state index in [0.29, 0.717) is 12.3 Å². The number of rotatable bonds is 4. The second kappa shape index (κ2) is 4.64. The van der Waals surface area contributed by atoms with E-state index in [4.69, 9.17) is 14.0 Å². The zero-order valence-corrected chi connectivity index (χ0v) is 10.9. The van der Waals surface area contributed by atoms with Crippen LogP contribution in [0.3, 0.4) is 0 Å². The third-order valence-electron chi connectivity index (χ3n) is 3.08. The predicted octanol–water partition coefficient (Wildman–Crippen LogP) is 2.72. The second-order valence-electron chi connectivity index (χ2n) is 4.83. The van der Waals surface area contributed by atoms with Crippen molar-refractivity contribution in [2.45, 2.75) is 45.8 Å². The molecule has 0 saturated carbocycles. The van der Waals surface area contributed by atoms with E-state index in [1.807, 2.05) is 34.6 Å². The summed E-state index contributed by atoms with van der Waals surface area (Å²) in [5.74, 6) is 0. The molecule has 1 fully saturated rings. The van der Waals surface area contributed by atoms with Crippen LogP contribution in [-0.4, -0.2) is 24.9 Å². The van der Waals surface area contributed by atoms with Crippen molar-refractivity contribution in [3.8, 4) is 0 Å². The van der Waals surface area contributed by atoms with Crippen molar-refractivity contribution in [3.63, 3.8) is 0 Å². The molecule has 0 unspecified atom stereocenters. The normalized spacial score (nSPS) is 23.3. The summed E-state index contributed by atoms with van der Waals surface area (Å²) < 4.78 is 17.2. The van der Waals surface area contributed by atoms with E-state index >= 15 is 0 Å². The third kappa shape index (κ3) is 2.50. The lowest BCUT2D eigenvalue weighted by atomic mass is 9.86. The summed E-state index contributed by atoms with van der Waals surface area (Å²) >= 11 is 0. The van der Waals surface area contributed by atoms with Crippen LogP contribution in [0.1, 0.15) is 34.6 Å². The molecule has 1 saturated heterocycles. The van der Waals surface area contributed by atoms with Crippen LogP contribution in [-0.2, 0) is 14.0 Å². The van der Waals surface area contributed by atoms with E-state index in [9.17, 15) is 0 Å². The van der Waals surface area contributed by atoms with Gasteiger partial charge in [0.15, 0.2) is 0 Å². The fourth-order valence-corrected chi connectivity index (χ4v) is 1.44. The van der Waals surface area contributed by atoms with Gasteiger partial charge in [0.2, 0.25) is 0 Å². The SMILES string of the molecule is C=C/C=C(/OCC)B1OC(C)(C)C(C)(C)O1. The maximum absolute atomic E-state index is 5.87. The van der Waals surface area contributed by atoms with Gasteiger partial charge >= 0.3 is 7.12 Å². The van der Waals surface area contributed by atoms with Gasteiger partial charge in [-0.25, -0.2) is 0 Å². The quantitative estimate of drug-likeness (QED) is 0.417. The van der Waals surface area contributed by atoms with Crippen molar-refractivity contribution in [2.75, 3.05) is 6.61 Å². The Labute approximate surface area is 98.6 Å². The standard InChI is InChI=1S/C12H21BO3/c1-7-9-10(14-8-2)13-15-11(3,4)12(5,6)16-13/h7,9H,1,8H2,2-6H3/b10-9+. The van der Waals surface area contributed by atoms with Crippen LogP contribution >= 0.6 is 0 Å². The molecule has 0 aromatic heterocycles. The lowest BCUT2D eigenvalue weighted by molar-refractivity contribution is 0.00578. The molecule has 1 rings (SSSR count). The molecule has 1 aliphatic rings. The van der Waals surface area contributed by atoms with Gasteiger partial charge in [-0.05, 0) is 40.7 Å². The van der Waals surface area contributed by atoms with Crippen molar-refractivity contribution in [1.82, 2.24) is 0 Å². The van der Waals surface area contributed by atoms with E-state index in [1.54, 1.807) is 12.2 Å². The summed E-state index contributed by atoms with van der Waals surface area (Å²) in [6, 6.07) is 0. The minimum absolute atomic E-state index is 0.338. The Hall–Kier alpha value is -0.735. The van der Waals surface area contributed by atoms with Crippen molar-refractivity contribution >= 4 is 7.12 Å². The first-order valence-corrected chi connectivity index (χ1v) is 5.65. The molecule has 0 amide bonds. The molecule has 4 heteroatoms. The highest BCUT2D eigenvalue weighted by atomic mass is 16.7. The van der Waals surface area contributed by atoms with Crippen molar-refractivity contribution in [1.29, 1.82) is 0 Å². The second-order valence-corrected chi connectivity index (χ2v) is 4.83. The van der Waals surface area contributed by atoms with E-state index in [-0.39, 0.29) is 11.2 Å². The summed E-state index contributed by atoms with van der Waals surface area (Å²) in [4.78, 5) is 0. The van der Waals surface area contributed by atoms with Crippen LogP contribution in [0.2, 0.25) is 0 Å². The Bertz CT molecular complexity index is 279. The zero-order chi connectivity index (χ0) is 12.4. The largest absolute Gasteiger partial charge is 0.532 e. The fourth-order valence-electron chi connectivity index (χ4n) is 1.44. The molecule has 16 heavy (non-hydrogen) atoms. The smallest absolute Gasteiger partial charge is 0.502 e. The molecule has 0 aromatic rings. The summed E-state index contributed by atoms with van der Waals surface area (Å²) in [7, 11) is -0.442. The lowest BCUT2D eigenvalue weighted by Gasteiger charge is -2.32. The van der Waals surface area contributed by atoms with Crippen LogP contribution in [0.4, 0.5) is 0 Å². The minimum atomic E-state index is -0.442. The predicted molar refractivity (Wildman–Crippen MR) is 66.0 cm³/mol. The third-order valence-corrected chi connectivity index (χ3v) is 3.08. The van der Waals surface area contributed by atoms with Gasteiger partial charge in [-0.3, -0.25) is 0 Å². The van der Waals surface area contributed by atoms with Gasteiger partial charge in [-0.15, -0.1) is 0 Å². The Kier molecular flexibility index (Phi) is 3.86. The average molecular weight is 224 g/mol. The molecular weight excluding hydrogens is 203 g/mol. The molecule has 0 aromatic carbocycles. The van der Waals surface area contributed by atoms with Crippen LogP contribution in [0, 0.1) is 0 Å². The Morgan fingerprint density at radius 2 is 1.75 bits per heavy atom. The topological polar surface area (TPSA) is 27.7 Å². The monoisotopic (exact) mass is 224 g/mol. The molecule has 0 atom stereocenters. The number of hydrogen-bond acceptors (Lipinski definition) is 3. The Balaban J connectivity index is 2.84. The highest BCUT2D eigenvalue weighted by Crippen LogP contribution is 2.38. The summed E-state index contributed by atoms with van der Waals surface area (Å²) in [5.41, 5.74) is 0.000459. The van der Waals surface area contributed by atoms with Crippen molar-refractivity contribution in [3.05, 3.63) is 24.4 Å². The van der Waals surface area contributed by atoms with Crippen molar-refractivity contribution < 1.29 is 14.0 Å². The zero-order valence-electron chi connectivity index (χ0n) is 10.9. The fraction of sp³-hybridized carbons (Fsp3) is 0.667. The molecule has 1 heterocycles. The van der Waals surface area contributed by atoms with Gasteiger partial charge in [0.25, 0.3) is 0 Å². The molecule has 90 valence electrons. The van der Waals surface area contributed by atoms with Crippen LogP contribution < -0.4 is 0 Å². The summed E-state index contributed by atoms with van der Waals surface area (Å²) in [6.45, 7) is 14.3. The molecule has 0 N–H and O–H groups in total. The lowest BCUT2D eigenvalue weighted by Crippen LogP contribution is -2.41. The number of ether oxygens (including phenoxy) is 1. The van der Waals surface area contributed by atoms with Crippen LogP contribution in [0.15, 0.2) is 24.4 Å². The molecule has 0 radical (unpaired) electrons. The van der Waals surface area contributed by atoms with E-state index in [1.165, 1.54) is 0 Å².